The summed E-state index contributed by atoms with van der Waals surface area (Å²) in [5, 5.41) is 7.52. The predicted molar refractivity (Wildman–Crippen MR) is 155 cm³/mol. The number of carbonyl (C=O) groups is 3. The Balaban J connectivity index is 1.39. The number of benzene rings is 2. The van der Waals surface area contributed by atoms with E-state index in [0.717, 1.165) is 32.1 Å². The third-order valence-corrected chi connectivity index (χ3v) is 8.96. The van der Waals surface area contributed by atoms with Gasteiger partial charge in [0.1, 0.15) is 23.4 Å². The zero-order valence-electron chi connectivity index (χ0n) is 22.2. The maximum atomic E-state index is 13.9. The van der Waals surface area contributed by atoms with Gasteiger partial charge in [-0.1, -0.05) is 25.3 Å². The molecule has 3 amide bonds. The fraction of sp³-hybridized carbons (Fsp3) is 0.345. The number of fused-ring (bicyclic) bond motifs is 1. The first-order valence-corrected chi connectivity index (χ1v) is 15.7. The molecule has 1 fully saturated rings. The molecule has 2 atom stereocenters. The average molecular weight is 600 g/mol. The first kappa shape index (κ1) is 28.7. The van der Waals surface area contributed by atoms with E-state index in [1.54, 1.807) is 30.3 Å². The standard InChI is InChI=1S/C29H30FN3O6S2/c30-19-8-10-21(11-9-19)31-26(34)16-41(37)17-27(35)33(22-12-13-23-24(15-22)39-18-38-23)28(25-7-4-14-40-25)29(36)32-20-5-2-1-3-6-20/h4,7-15,20,28H,1-3,5-6,16-18H2,(H,31,34)(H,32,36). The van der Waals surface area contributed by atoms with Crippen LogP contribution in [0.5, 0.6) is 11.5 Å². The lowest BCUT2D eigenvalue weighted by Gasteiger charge is -2.32. The molecule has 0 spiro atoms. The molecule has 1 aromatic heterocycles. The number of carbonyl (C=O) groups excluding carboxylic acids is 3. The van der Waals surface area contributed by atoms with Gasteiger partial charge < -0.3 is 20.1 Å². The van der Waals surface area contributed by atoms with E-state index in [-0.39, 0.29) is 18.7 Å². The second-order valence-electron chi connectivity index (χ2n) is 9.85. The van der Waals surface area contributed by atoms with Gasteiger partial charge in [-0.25, -0.2) is 4.39 Å². The van der Waals surface area contributed by atoms with E-state index in [9.17, 15) is 23.0 Å². The summed E-state index contributed by atoms with van der Waals surface area (Å²) in [4.78, 5) is 42.2. The third-order valence-electron chi connectivity index (χ3n) is 6.88. The van der Waals surface area contributed by atoms with Crippen LogP contribution in [0.3, 0.4) is 0 Å². The van der Waals surface area contributed by atoms with Crippen molar-refractivity contribution >= 4 is 51.2 Å². The number of nitrogens with one attached hydrogen (secondary N) is 2. The summed E-state index contributed by atoms with van der Waals surface area (Å²) in [5.41, 5.74) is 0.725. The highest BCUT2D eigenvalue weighted by Crippen LogP contribution is 2.39. The van der Waals surface area contributed by atoms with Crippen LogP contribution in [0.1, 0.15) is 43.0 Å². The lowest BCUT2D eigenvalue weighted by Crippen LogP contribution is -2.48. The topological polar surface area (TPSA) is 114 Å². The van der Waals surface area contributed by atoms with Gasteiger partial charge >= 0.3 is 0 Å². The minimum absolute atomic E-state index is 0.0108. The number of halogens is 1. The minimum Gasteiger partial charge on any atom is -0.454 e. The molecule has 1 aliphatic carbocycles. The van der Waals surface area contributed by atoms with Gasteiger partial charge in [-0.15, -0.1) is 11.3 Å². The van der Waals surface area contributed by atoms with Crippen LogP contribution in [0.4, 0.5) is 15.8 Å². The van der Waals surface area contributed by atoms with Crippen LogP contribution in [0, 0.1) is 5.82 Å². The Kier molecular flexibility index (Phi) is 9.30. The molecular formula is C29H30FN3O6S2. The molecule has 5 rings (SSSR count). The molecule has 2 heterocycles. The van der Waals surface area contributed by atoms with Crippen molar-refractivity contribution in [2.45, 2.75) is 44.2 Å². The van der Waals surface area contributed by atoms with Gasteiger partial charge in [-0.2, -0.15) is 0 Å². The fourth-order valence-corrected chi connectivity index (χ4v) is 6.65. The highest BCUT2D eigenvalue weighted by Gasteiger charge is 2.36. The van der Waals surface area contributed by atoms with E-state index in [0.29, 0.717) is 27.8 Å². The maximum absolute atomic E-state index is 13.9. The number of ether oxygens (including phenoxy) is 2. The first-order chi connectivity index (χ1) is 19.9. The van der Waals surface area contributed by atoms with Crippen LogP contribution >= 0.6 is 11.3 Å². The molecule has 0 radical (unpaired) electrons. The van der Waals surface area contributed by atoms with Gasteiger partial charge in [0.05, 0.1) is 0 Å². The summed E-state index contributed by atoms with van der Waals surface area (Å²) in [7, 11) is -1.90. The number of rotatable bonds is 10. The number of anilines is 2. The molecule has 2 aliphatic rings. The SMILES string of the molecule is O=C(CS(=O)CC(=O)N(c1ccc2c(c1)OCO2)C(C(=O)NC1CCCCC1)c1cccs1)Nc1ccc(F)cc1. The van der Waals surface area contributed by atoms with Crippen LogP contribution < -0.4 is 25.0 Å². The molecule has 216 valence electrons. The van der Waals surface area contributed by atoms with Crippen molar-refractivity contribution in [3.63, 3.8) is 0 Å². The smallest absolute Gasteiger partial charge is 0.248 e. The van der Waals surface area contributed by atoms with Crippen molar-refractivity contribution in [3.8, 4) is 11.5 Å². The highest BCUT2D eigenvalue weighted by atomic mass is 32.2. The van der Waals surface area contributed by atoms with Crippen molar-refractivity contribution in [3.05, 3.63) is 70.7 Å². The quantitative estimate of drug-likeness (QED) is 0.354. The van der Waals surface area contributed by atoms with E-state index in [1.165, 1.54) is 40.5 Å². The van der Waals surface area contributed by atoms with Crippen molar-refractivity contribution in [1.82, 2.24) is 5.32 Å². The van der Waals surface area contributed by atoms with Crippen LogP contribution in [-0.4, -0.2) is 46.3 Å². The lowest BCUT2D eigenvalue weighted by molar-refractivity contribution is -0.126. The maximum Gasteiger partial charge on any atom is 0.248 e. The van der Waals surface area contributed by atoms with E-state index in [1.807, 2.05) is 5.38 Å². The first-order valence-electron chi connectivity index (χ1n) is 13.3. The Labute approximate surface area is 243 Å². The molecule has 2 N–H and O–H groups in total. The summed E-state index contributed by atoms with van der Waals surface area (Å²) >= 11 is 1.34. The van der Waals surface area contributed by atoms with Gasteiger partial charge in [-0.05, 0) is 60.7 Å². The van der Waals surface area contributed by atoms with Gasteiger partial charge in [0.2, 0.25) is 24.5 Å². The van der Waals surface area contributed by atoms with E-state index in [2.05, 4.69) is 10.6 Å². The summed E-state index contributed by atoms with van der Waals surface area (Å²) < 4.78 is 37.1. The van der Waals surface area contributed by atoms with Gasteiger partial charge in [0.15, 0.2) is 11.5 Å². The Morgan fingerprint density at radius 3 is 2.49 bits per heavy atom. The Hall–Kier alpha value is -3.77. The molecule has 41 heavy (non-hydrogen) atoms. The Bertz CT molecular complexity index is 1410. The Morgan fingerprint density at radius 2 is 1.76 bits per heavy atom. The van der Waals surface area contributed by atoms with Crippen LogP contribution in [0.25, 0.3) is 0 Å². The summed E-state index contributed by atoms with van der Waals surface area (Å²) in [6.07, 6.45) is 4.92. The molecule has 12 heteroatoms. The Morgan fingerprint density at radius 1 is 1.00 bits per heavy atom. The van der Waals surface area contributed by atoms with Crippen LogP contribution in [0.15, 0.2) is 60.0 Å². The molecule has 9 nitrogen and oxygen atoms in total. The van der Waals surface area contributed by atoms with Crippen molar-refractivity contribution in [2.75, 3.05) is 28.5 Å². The number of thiophene rings is 1. The normalized spacial score (nSPS) is 16.0. The zero-order valence-corrected chi connectivity index (χ0v) is 23.8. The largest absolute Gasteiger partial charge is 0.454 e. The minimum atomic E-state index is -1.90. The molecule has 1 aliphatic heterocycles. The molecule has 0 saturated heterocycles. The van der Waals surface area contributed by atoms with E-state index < -0.39 is 46.0 Å². The monoisotopic (exact) mass is 599 g/mol. The molecule has 3 aromatic rings. The van der Waals surface area contributed by atoms with Gasteiger partial charge in [-0.3, -0.25) is 23.5 Å². The third kappa shape index (κ3) is 7.31. The van der Waals surface area contributed by atoms with Crippen LogP contribution in [0.2, 0.25) is 0 Å². The number of hydrogen-bond acceptors (Lipinski definition) is 7. The van der Waals surface area contributed by atoms with Crippen molar-refractivity contribution < 1.29 is 32.5 Å². The second kappa shape index (κ2) is 13.3. The number of nitrogens with zero attached hydrogens (tertiary/aromatic N) is 1. The number of amides is 3. The van der Waals surface area contributed by atoms with Gasteiger partial charge in [0.25, 0.3) is 0 Å². The molecule has 2 aromatic carbocycles. The van der Waals surface area contributed by atoms with E-state index >= 15 is 0 Å². The fourth-order valence-electron chi connectivity index (χ4n) is 4.95. The highest BCUT2D eigenvalue weighted by molar-refractivity contribution is 7.86. The average Bonchev–Trinajstić information content (AvgIpc) is 3.65. The van der Waals surface area contributed by atoms with Crippen LogP contribution in [-0.2, 0) is 25.2 Å². The summed E-state index contributed by atoms with van der Waals surface area (Å²) in [6.45, 7) is 0.0381. The molecule has 0 bridgehead atoms. The zero-order chi connectivity index (χ0) is 28.8. The van der Waals surface area contributed by atoms with Gasteiger partial charge in [0, 0.05) is 39.2 Å². The summed E-state index contributed by atoms with van der Waals surface area (Å²) in [6, 6.07) is 12.7. The molecular weight excluding hydrogens is 569 g/mol. The lowest BCUT2D eigenvalue weighted by atomic mass is 9.95. The van der Waals surface area contributed by atoms with Crippen molar-refractivity contribution in [2.24, 2.45) is 0 Å². The molecule has 2 unspecified atom stereocenters. The summed E-state index contributed by atoms with van der Waals surface area (Å²) in [5.74, 6) is -1.95. The van der Waals surface area contributed by atoms with E-state index in [4.69, 9.17) is 9.47 Å². The number of hydrogen-bond donors (Lipinski definition) is 2. The van der Waals surface area contributed by atoms with Crippen molar-refractivity contribution in [1.29, 1.82) is 0 Å². The second-order valence-corrected chi connectivity index (χ2v) is 12.3. The molecule has 1 saturated carbocycles. The predicted octanol–water partition coefficient (Wildman–Crippen LogP) is 4.53.